The highest BCUT2D eigenvalue weighted by atomic mass is 31.2. The minimum Gasteiger partial charge on any atom is -0.395 e. The van der Waals surface area contributed by atoms with E-state index in [9.17, 15) is 0 Å². The van der Waals surface area contributed by atoms with Gasteiger partial charge in [0.1, 0.15) is 0 Å². The fourth-order valence-electron chi connectivity index (χ4n) is 3.78. The van der Waals surface area contributed by atoms with Crippen LogP contribution in [0.2, 0.25) is 0 Å². The molecule has 0 heterocycles. The van der Waals surface area contributed by atoms with Crippen molar-refractivity contribution in [3.63, 3.8) is 0 Å². The molecule has 0 unspecified atom stereocenters. The lowest BCUT2D eigenvalue weighted by Crippen LogP contribution is -2.32. The minimum absolute atomic E-state index is 0.0694. The van der Waals surface area contributed by atoms with Crippen LogP contribution in [0.1, 0.15) is 58.3 Å². The van der Waals surface area contributed by atoms with Crippen molar-refractivity contribution in [1.29, 1.82) is 0 Å². The van der Waals surface area contributed by atoms with Gasteiger partial charge in [-0.2, -0.15) is 0 Å². The van der Waals surface area contributed by atoms with Gasteiger partial charge in [0.05, 0.1) is 72.7 Å². The molecule has 0 radical (unpaired) electrons. The summed E-state index contributed by atoms with van der Waals surface area (Å²) in [5.41, 5.74) is 0. The van der Waals surface area contributed by atoms with E-state index in [4.69, 9.17) is 75.0 Å². The highest BCUT2D eigenvalue weighted by molar-refractivity contribution is 7.45. The smallest absolute Gasteiger partial charge is 0.395 e. The first-order chi connectivity index (χ1) is 23.5. The van der Waals surface area contributed by atoms with Crippen LogP contribution in [0.15, 0.2) is 0 Å². The fraction of sp³-hybridized carbons (Fsp3) is 1.00. The number of rotatable bonds is 29. The molecular formula is C30H74N3O15P. The van der Waals surface area contributed by atoms with Gasteiger partial charge in [-0.25, -0.2) is 4.57 Å². The maximum Gasteiger partial charge on any atom is 0.466 e. The molecule has 0 spiro atoms. The predicted octanol–water partition coefficient (Wildman–Crippen LogP) is -3.00. The van der Waals surface area contributed by atoms with E-state index in [1.165, 1.54) is 44.9 Å². The van der Waals surface area contributed by atoms with Crippen LogP contribution < -0.4 is 0 Å². The average Bonchev–Trinajstić information content (AvgIpc) is 3.03. The molecule has 0 aromatic heterocycles. The first-order valence-corrected chi connectivity index (χ1v) is 18.6. The number of aliphatic hydroxyl groups is 10. The van der Waals surface area contributed by atoms with Gasteiger partial charge in [0.2, 0.25) is 0 Å². The highest BCUT2D eigenvalue weighted by Gasteiger charge is 2.02. The Morgan fingerprint density at radius 3 is 0.816 bits per heavy atom. The third-order valence-corrected chi connectivity index (χ3v) is 6.12. The van der Waals surface area contributed by atoms with Crippen molar-refractivity contribution < 1.29 is 75.0 Å². The molecule has 0 amide bonds. The second-order valence-electron chi connectivity index (χ2n) is 10.4. The summed E-state index contributed by atoms with van der Waals surface area (Å²) in [4.78, 5) is 26.9. The minimum atomic E-state index is -4.64. The molecule has 0 rings (SSSR count). The van der Waals surface area contributed by atoms with Gasteiger partial charge in [-0.15, -0.1) is 0 Å². The monoisotopic (exact) mass is 747 g/mol. The molecule has 0 fully saturated rings. The molecule has 0 atom stereocenters. The molecule has 19 heteroatoms. The van der Waals surface area contributed by atoms with Gasteiger partial charge in [0.25, 0.3) is 0 Å². The lowest BCUT2D eigenvalue weighted by molar-refractivity contribution is 0.0895. The van der Waals surface area contributed by atoms with Gasteiger partial charge >= 0.3 is 7.82 Å². The number of phosphoric acid groups is 1. The Hall–Kier alpha value is -0.450. The molecule has 0 bridgehead atoms. The Balaban J connectivity index is -0.000000169. The van der Waals surface area contributed by atoms with Crippen molar-refractivity contribution in [3.05, 3.63) is 0 Å². The standard InChI is InChI=1S/C12H26O2.3C6H15NO3.H3O4P/c1-2-3-4-5-6-7-8-9-11-14-12-10-13;3*8-4-1-7(2-5-9)3-6-10;1-5(2,3)4/h13H,2-12H2,1H3;3*8-10H,1-6H2;(H3,1,2,3,4). The van der Waals surface area contributed by atoms with E-state index in [-0.39, 0.29) is 66.1 Å². The van der Waals surface area contributed by atoms with Crippen LogP contribution in [0.4, 0.5) is 0 Å². The molecule has 304 valence electrons. The van der Waals surface area contributed by atoms with E-state index in [1.54, 1.807) is 14.7 Å². The van der Waals surface area contributed by atoms with Crippen molar-refractivity contribution in [1.82, 2.24) is 14.7 Å². The molecule has 0 saturated carbocycles. The lowest BCUT2D eigenvalue weighted by atomic mass is 10.1. The van der Waals surface area contributed by atoms with Crippen LogP contribution in [0.3, 0.4) is 0 Å². The second kappa shape index (κ2) is 51.9. The largest absolute Gasteiger partial charge is 0.466 e. The third kappa shape index (κ3) is 70.0. The van der Waals surface area contributed by atoms with Crippen LogP contribution in [-0.2, 0) is 9.30 Å². The van der Waals surface area contributed by atoms with Gasteiger partial charge in [-0.05, 0) is 6.42 Å². The van der Waals surface area contributed by atoms with Crippen LogP contribution in [0.25, 0.3) is 0 Å². The average molecular weight is 748 g/mol. The van der Waals surface area contributed by atoms with Crippen molar-refractivity contribution in [2.45, 2.75) is 58.3 Å². The summed E-state index contributed by atoms with van der Waals surface area (Å²) in [6.45, 7) is 8.97. The summed E-state index contributed by atoms with van der Waals surface area (Å²) in [7, 11) is -4.64. The van der Waals surface area contributed by atoms with E-state index >= 15 is 0 Å². The Kier molecular flexibility index (Phi) is 61.3. The molecule has 0 aliphatic rings. The van der Waals surface area contributed by atoms with Gasteiger partial charge in [-0.3, -0.25) is 14.7 Å². The summed E-state index contributed by atoms with van der Waals surface area (Å²) in [5.74, 6) is 0. The maximum absolute atomic E-state index is 8.88. The molecular weight excluding hydrogens is 673 g/mol. The topological polar surface area (TPSA) is 299 Å². The number of hydrogen-bond acceptors (Lipinski definition) is 15. The molecule has 49 heavy (non-hydrogen) atoms. The van der Waals surface area contributed by atoms with Crippen LogP contribution in [0.5, 0.6) is 0 Å². The van der Waals surface area contributed by atoms with Crippen LogP contribution in [-0.4, -0.2) is 219 Å². The van der Waals surface area contributed by atoms with Crippen molar-refractivity contribution in [2.75, 3.05) is 138 Å². The van der Waals surface area contributed by atoms with Gasteiger partial charge in [0.15, 0.2) is 0 Å². The fourth-order valence-corrected chi connectivity index (χ4v) is 3.78. The SMILES string of the molecule is CCCCCCCCCCOCCO.O=P(O)(O)O.OCCN(CCO)CCO.OCCN(CCO)CCO.OCCN(CCO)CCO. The molecule has 0 aliphatic heterocycles. The first-order valence-electron chi connectivity index (χ1n) is 17.1. The summed E-state index contributed by atoms with van der Waals surface area (Å²) in [6, 6.07) is 0. The maximum atomic E-state index is 8.88. The summed E-state index contributed by atoms with van der Waals surface area (Å²) >= 11 is 0. The number of aliphatic hydroxyl groups excluding tert-OH is 10. The first kappa shape index (κ1) is 57.9. The Labute approximate surface area is 294 Å². The Morgan fingerprint density at radius 2 is 0.612 bits per heavy atom. The number of hydrogen-bond donors (Lipinski definition) is 13. The normalized spacial score (nSPS) is 10.9. The molecule has 18 nitrogen and oxygen atoms in total. The summed E-state index contributed by atoms with van der Waals surface area (Å²) in [5, 5.41) is 84.8. The van der Waals surface area contributed by atoms with E-state index < -0.39 is 7.82 Å². The Morgan fingerprint density at radius 1 is 0.388 bits per heavy atom. The molecule has 0 aliphatic carbocycles. The van der Waals surface area contributed by atoms with Gasteiger partial charge < -0.3 is 70.5 Å². The molecule has 0 aromatic carbocycles. The van der Waals surface area contributed by atoms with Gasteiger partial charge in [-0.1, -0.05) is 51.9 Å². The lowest BCUT2D eigenvalue weighted by Gasteiger charge is -2.17. The second-order valence-corrected chi connectivity index (χ2v) is 11.4. The zero-order chi connectivity index (χ0) is 38.4. The Bertz CT molecular complexity index is 497. The van der Waals surface area contributed by atoms with E-state index in [0.717, 1.165) is 13.0 Å². The number of nitrogens with zero attached hydrogens (tertiary/aromatic N) is 3. The zero-order valence-corrected chi connectivity index (χ0v) is 30.8. The highest BCUT2D eigenvalue weighted by Crippen LogP contribution is 2.25. The van der Waals surface area contributed by atoms with E-state index in [1.807, 2.05) is 0 Å². The quantitative estimate of drug-likeness (QED) is 0.0268. The zero-order valence-electron chi connectivity index (χ0n) is 29.9. The van der Waals surface area contributed by atoms with Crippen molar-refractivity contribution in [2.24, 2.45) is 0 Å². The van der Waals surface area contributed by atoms with Crippen molar-refractivity contribution >= 4 is 7.82 Å². The molecule has 13 N–H and O–H groups in total. The summed E-state index contributed by atoms with van der Waals surface area (Å²) < 4.78 is 14.1. The van der Waals surface area contributed by atoms with Crippen LogP contribution >= 0.6 is 7.82 Å². The number of unbranched alkanes of at least 4 members (excludes halogenated alkanes) is 7. The van der Waals surface area contributed by atoms with E-state index in [2.05, 4.69) is 6.92 Å². The predicted molar refractivity (Wildman–Crippen MR) is 188 cm³/mol. The van der Waals surface area contributed by atoms with Crippen LogP contribution in [0, 0.1) is 0 Å². The van der Waals surface area contributed by atoms with E-state index in [0.29, 0.717) is 65.5 Å². The summed E-state index contributed by atoms with van der Waals surface area (Å²) in [6.07, 6.45) is 10.6. The number of ether oxygens (including phenoxy) is 1. The van der Waals surface area contributed by atoms with Gasteiger partial charge in [0, 0.05) is 65.5 Å². The van der Waals surface area contributed by atoms with Crippen molar-refractivity contribution in [3.8, 4) is 0 Å². The molecule has 0 aromatic rings. The molecule has 0 saturated heterocycles. The third-order valence-electron chi connectivity index (χ3n) is 6.12.